The van der Waals surface area contributed by atoms with Crippen LogP contribution < -0.4 is 0 Å². The molecule has 0 saturated heterocycles. The van der Waals surface area contributed by atoms with Gasteiger partial charge in [-0.2, -0.15) is 0 Å². The monoisotopic (exact) mass is 652 g/mol. The van der Waals surface area contributed by atoms with Crippen LogP contribution in [0.15, 0.2) is 174 Å². The van der Waals surface area contributed by atoms with Gasteiger partial charge in [-0.15, -0.1) is 11.3 Å². The van der Waals surface area contributed by atoms with Gasteiger partial charge in [0.25, 0.3) is 0 Å². The molecule has 1 nitrogen and oxygen atoms in total. The second-order valence-corrected chi connectivity index (χ2v) is 14.3. The molecule has 2 aromatic heterocycles. The standard InChI is InChI=1S/C48H28OS/c1-2-11-30-24-34(21-20-29(30)10-1)48-38-17-5-3-15-36(38)47(37-16-4-6-18-39(37)48)33-13-9-12-31(25-33)32-22-23-43-40(26-32)41-27-42-35-14-7-8-19-45(35)50-46(42)28-44(41)49-43/h1-28H. The summed E-state index contributed by atoms with van der Waals surface area (Å²) in [5.74, 6) is 0. The minimum atomic E-state index is 0.920. The van der Waals surface area contributed by atoms with E-state index in [-0.39, 0.29) is 0 Å². The molecular weight excluding hydrogens is 625 g/mol. The van der Waals surface area contributed by atoms with E-state index in [4.69, 9.17) is 4.42 Å². The molecule has 2 heterocycles. The molecule has 2 heteroatoms. The van der Waals surface area contributed by atoms with Gasteiger partial charge in [-0.25, -0.2) is 0 Å². The second kappa shape index (κ2) is 10.6. The van der Waals surface area contributed by atoms with E-state index in [1.165, 1.54) is 85.9 Å². The predicted octanol–water partition coefficient (Wildman–Crippen LogP) is 14.4. The fraction of sp³-hybridized carbons (Fsp3) is 0. The van der Waals surface area contributed by atoms with Gasteiger partial charge in [0.2, 0.25) is 0 Å². The first-order valence-corrected chi connectivity index (χ1v) is 17.9. The lowest BCUT2D eigenvalue weighted by Crippen LogP contribution is -1.91. The van der Waals surface area contributed by atoms with E-state index in [0.29, 0.717) is 0 Å². The molecule has 0 aliphatic heterocycles. The largest absolute Gasteiger partial charge is 0.456 e. The van der Waals surface area contributed by atoms with Crippen molar-refractivity contribution >= 4 is 85.8 Å². The molecule has 0 aliphatic carbocycles. The van der Waals surface area contributed by atoms with Gasteiger partial charge in [0, 0.05) is 30.9 Å². The Balaban J connectivity index is 1.10. The first kappa shape index (κ1) is 27.7. The van der Waals surface area contributed by atoms with Crippen LogP contribution in [-0.2, 0) is 0 Å². The van der Waals surface area contributed by atoms with Crippen molar-refractivity contribution < 1.29 is 4.42 Å². The van der Waals surface area contributed by atoms with Gasteiger partial charge >= 0.3 is 0 Å². The maximum absolute atomic E-state index is 6.41. The molecule has 0 aliphatic rings. The van der Waals surface area contributed by atoms with Crippen LogP contribution >= 0.6 is 11.3 Å². The first-order chi connectivity index (χ1) is 24.8. The van der Waals surface area contributed by atoms with E-state index in [2.05, 4.69) is 170 Å². The number of hydrogen-bond acceptors (Lipinski definition) is 2. The highest BCUT2D eigenvalue weighted by Gasteiger charge is 2.18. The highest BCUT2D eigenvalue weighted by atomic mass is 32.1. The Kier molecular flexibility index (Phi) is 5.89. The summed E-state index contributed by atoms with van der Waals surface area (Å²) < 4.78 is 8.98. The average Bonchev–Trinajstić information content (AvgIpc) is 3.72. The van der Waals surface area contributed by atoms with Crippen molar-refractivity contribution in [3.8, 4) is 33.4 Å². The molecule has 0 fully saturated rings. The van der Waals surface area contributed by atoms with Crippen molar-refractivity contribution in [3.05, 3.63) is 170 Å². The van der Waals surface area contributed by atoms with Gasteiger partial charge in [-0.3, -0.25) is 0 Å². The van der Waals surface area contributed by atoms with Gasteiger partial charge in [0.15, 0.2) is 0 Å². The second-order valence-electron chi connectivity index (χ2n) is 13.2. The van der Waals surface area contributed by atoms with Crippen LogP contribution in [0, 0.1) is 0 Å². The smallest absolute Gasteiger partial charge is 0.136 e. The quantitative estimate of drug-likeness (QED) is 0.173. The fourth-order valence-corrected chi connectivity index (χ4v) is 9.24. The van der Waals surface area contributed by atoms with Crippen LogP contribution in [0.4, 0.5) is 0 Å². The van der Waals surface area contributed by atoms with Crippen molar-refractivity contribution in [1.29, 1.82) is 0 Å². The van der Waals surface area contributed by atoms with E-state index in [0.717, 1.165) is 21.9 Å². The normalized spacial score (nSPS) is 12.0. The molecule has 9 aromatic carbocycles. The number of thiophene rings is 1. The number of rotatable bonds is 3. The van der Waals surface area contributed by atoms with Gasteiger partial charge in [0.1, 0.15) is 11.2 Å². The Hall–Kier alpha value is -6.22. The van der Waals surface area contributed by atoms with Crippen molar-refractivity contribution in [1.82, 2.24) is 0 Å². The summed E-state index contributed by atoms with van der Waals surface area (Å²) in [6.45, 7) is 0. The Labute approximate surface area is 292 Å². The fourth-order valence-electron chi connectivity index (χ4n) is 8.12. The van der Waals surface area contributed by atoms with Crippen LogP contribution in [0.1, 0.15) is 0 Å². The highest BCUT2D eigenvalue weighted by molar-refractivity contribution is 7.25. The third kappa shape index (κ3) is 4.13. The number of benzene rings is 9. The molecule has 11 rings (SSSR count). The number of fused-ring (bicyclic) bond motifs is 9. The van der Waals surface area contributed by atoms with E-state index < -0.39 is 0 Å². The van der Waals surface area contributed by atoms with E-state index in [9.17, 15) is 0 Å². The molecule has 0 N–H and O–H groups in total. The molecule has 0 bridgehead atoms. The zero-order valence-corrected chi connectivity index (χ0v) is 27.8. The molecule has 0 spiro atoms. The topological polar surface area (TPSA) is 13.1 Å². The van der Waals surface area contributed by atoms with Gasteiger partial charge in [0.05, 0.1) is 0 Å². The molecule has 50 heavy (non-hydrogen) atoms. The number of hydrogen-bond donors (Lipinski definition) is 0. The van der Waals surface area contributed by atoms with Crippen LogP contribution in [0.25, 0.3) is 108 Å². The summed E-state index contributed by atoms with van der Waals surface area (Å²) >= 11 is 1.83. The molecule has 0 amide bonds. The Morgan fingerprint density at radius 2 is 0.880 bits per heavy atom. The SMILES string of the molecule is c1cc(-c2ccc3oc4cc5sc6ccccc6c5cc4c3c2)cc(-c2c3ccccc3c(-c3ccc4ccccc4c3)c3ccccc23)c1. The third-order valence-corrected chi connectivity index (χ3v) is 11.6. The maximum atomic E-state index is 6.41. The van der Waals surface area contributed by atoms with E-state index in [1.54, 1.807) is 0 Å². The molecule has 0 unspecified atom stereocenters. The summed E-state index contributed by atoms with van der Waals surface area (Å²) in [4.78, 5) is 0. The lowest BCUT2D eigenvalue weighted by Gasteiger charge is -2.18. The Morgan fingerprint density at radius 3 is 1.64 bits per heavy atom. The molecule has 11 aromatic rings. The average molecular weight is 653 g/mol. The molecule has 0 saturated carbocycles. The van der Waals surface area contributed by atoms with Gasteiger partial charge in [-0.05, 0) is 108 Å². The van der Waals surface area contributed by atoms with Crippen molar-refractivity contribution in [2.24, 2.45) is 0 Å². The first-order valence-electron chi connectivity index (χ1n) is 17.1. The summed E-state index contributed by atoms with van der Waals surface area (Å²) in [7, 11) is 0. The molecule has 232 valence electrons. The highest BCUT2D eigenvalue weighted by Crippen LogP contribution is 2.45. The van der Waals surface area contributed by atoms with Crippen LogP contribution in [0.2, 0.25) is 0 Å². The Morgan fingerprint density at radius 1 is 0.300 bits per heavy atom. The summed E-state index contributed by atoms with van der Waals surface area (Å²) in [6.07, 6.45) is 0. The lowest BCUT2D eigenvalue weighted by molar-refractivity contribution is 0.669. The lowest BCUT2D eigenvalue weighted by atomic mass is 9.85. The molecule has 0 atom stereocenters. The van der Waals surface area contributed by atoms with Crippen LogP contribution in [0.3, 0.4) is 0 Å². The summed E-state index contributed by atoms with van der Waals surface area (Å²) in [5.41, 5.74) is 9.23. The van der Waals surface area contributed by atoms with E-state index in [1.807, 2.05) is 11.3 Å². The van der Waals surface area contributed by atoms with Crippen LogP contribution in [-0.4, -0.2) is 0 Å². The van der Waals surface area contributed by atoms with Gasteiger partial charge in [-0.1, -0.05) is 127 Å². The Bertz CT molecular complexity index is 3100. The van der Waals surface area contributed by atoms with Crippen LogP contribution in [0.5, 0.6) is 0 Å². The van der Waals surface area contributed by atoms with E-state index >= 15 is 0 Å². The maximum Gasteiger partial charge on any atom is 0.136 e. The third-order valence-electron chi connectivity index (χ3n) is 10.4. The minimum Gasteiger partial charge on any atom is -0.456 e. The summed E-state index contributed by atoms with van der Waals surface area (Å²) in [6, 6.07) is 62.2. The molecule has 0 radical (unpaired) electrons. The number of furan rings is 1. The van der Waals surface area contributed by atoms with Gasteiger partial charge < -0.3 is 4.42 Å². The summed E-state index contributed by atoms with van der Waals surface area (Å²) in [5, 5.41) is 12.5. The minimum absolute atomic E-state index is 0.920. The van der Waals surface area contributed by atoms with Crippen molar-refractivity contribution in [2.75, 3.05) is 0 Å². The zero-order chi connectivity index (χ0) is 32.8. The zero-order valence-electron chi connectivity index (χ0n) is 27.0. The van der Waals surface area contributed by atoms with Crippen molar-refractivity contribution in [2.45, 2.75) is 0 Å². The molecular formula is C48H28OS. The van der Waals surface area contributed by atoms with Crippen molar-refractivity contribution in [3.63, 3.8) is 0 Å². The predicted molar refractivity (Wildman–Crippen MR) is 215 cm³/mol.